The van der Waals surface area contributed by atoms with Crippen LogP contribution in [0.25, 0.3) is 0 Å². The summed E-state index contributed by atoms with van der Waals surface area (Å²) < 4.78 is 17.4. The fraction of sp³-hybridized carbons (Fsp3) is 0.333. The maximum atomic E-state index is 13.5. The second kappa shape index (κ2) is 5.88. The van der Waals surface area contributed by atoms with E-state index in [2.05, 4.69) is 14.9 Å². The number of halogens is 1. The van der Waals surface area contributed by atoms with E-state index in [1.807, 2.05) is 25.1 Å². The number of hydrogen-bond acceptors (Lipinski definition) is 5. The van der Waals surface area contributed by atoms with Crippen LogP contribution in [0.3, 0.4) is 0 Å². The second-order valence-electron chi connectivity index (χ2n) is 4.06. The quantitative estimate of drug-likeness (QED) is 0.902. The highest BCUT2D eigenvalue weighted by Gasteiger charge is 2.11. The van der Waals surface area contributed by atoms with Gasteiger partial charge in [0, 0.05) is 37.2 Å². The van der Waals surface area contributed by atoms with E-state index in [0.717, 1.165) is 10.7 Å². The second-order valence-corrected chi connectivity index (χ2v) is 4.82. The van der Waals surface area contributed by atoms with E-state index in [9.17, 15) is 4.39 Å². The lowest BCUT2D eigenvalue weighted by Gasteiger charge is -2.16. The van der Waals surface area contributed by atoms with Gasteiger partial charge in [-0.3, -0.25) is 4.90 Å². The molecule has 0 atom stereocenters. The fourth-order valence-corrected chi connectivity index (χ4v) is 2.25. The summed E-state index contributed by atoms with van der Waals surface area (Å²) in [5, 5.41) is 8.06. The molecule has 2 aromatic rings. The van der Waals surface area contributed by atoms with E-state index < -0.39 is 0 Å². The Morgan fingerprint density at radius 3 is 2.83 bits per heavy atom. The Bertz CT molecular complexity index is 514. The van der Waals surface area contributed by atoms with Crippen LogP contribution in [0.15, 0.2) is 24.3 Å². The summed E-state index contributed by atoms with van der Waals surface area (Å²) in [6, 6.07) is 6.81. The number of nitrogens with zero attached hydrogens (tertiary/aromatic N) is 3. The van der Waals surface area contributed by atoms with Crippen LogP contribution >= 0.6 is 11.5 Å². The lowest BCUT2D eigenvalue weighted by Crippen LogP contribution is -2.18. The third-order valence-corrected chi connectivity index (χ3v) is 3.39. The van der Waals surface area contributed by atoms with Crippen LogP contribution in [-0.4, -0.2) is 28.6 Å². The molecule has 0 saturated heterocycles. The maximum absolute atomic E-state index is 13.5. The molecular formula is C12H15FN4S. The molecule has 1 N–H and O–H groups in total. The van der Waals surface area contributed by atoms with Crippen molar-refractivity contribution < 1.29 is 4.39 Å². The predicted molar refractivity (Wildman–Crippen MR) is 71.0 cm³/mol. The van der Waals surface area contributed by atoms with Crippen LogP contribution in [0.2, 0.25) is 0 Å². The first-order valence-corrected chi connectivity index (χ1v) is 6.39. The number of benzene rings is 1. The zero-order chi connectivity index (χ0) is 13.0. The first-order chi connectivity index (χ1) is 8.70. The molecule has 2 rings (SSSR count). The van der Waals surface area contributed by atoms with Gasteiger partial charge in [0.1, 0.15) is 16.5 Å². The molecule has 0 aliphatic carbocycles. The average Bonchev–Trinajstić information content (AvgIpc) is 2.79. The number of aromatic nitrogens is 2. The van der Waals surface area contributed by atoms with Gasteiger partial charge in [0.05, 0.1) is 0 Å². The molecule has 0 bridgehead atoms. The van der Waals surface area contributed by atoms with Gasteiger partial charge in [-0.2, -0.15) is 0 Å². The largest absolute Gasteiger partial charge is 0.377 e. The Morgan fingerprint density at radius 2 is 2.11 bits per heavy atom. The topological polar surface area (TPSA) is 41.1 Å². The summed E-state index contributed by atoms with van der Waals surface area (Å²) >= 11 is 1.33. The van der Waals surface area contributed by atoms with Gasteiger partial charge in [0.25, 0.3) is 0 Å². The van der Waals surface area contributed by atoms with Crippen molar-refractivity contribution in [1.82, 2.24) is 14.5 Å². The molecule has 0 amide bonds. The highest BCUT2D eigenvalue weighted by molar-refractivity contribution is 7.10. The van der Waals surface area contributed by atoms with Gasteiger partial charge < -0.3 is 5.32 Å². The molecule has 1 aromatic heterocycles. The lowest BCUT2D eigenvalue weighted by molar-refractivity contribution is 0.310. The first-order valence-electron chi connectivity index (χ1n) is 5.61. The van der Waals surface area contributed by atoms with Crippen molar-refractivity contribution in [2.45, 2.75) is 13.1 Å². The monoisotopic (exact) mass is 266 g/mol. The minimum atomic E-state index is -0.172. The Labute approximate surface area is 110 Å². The van der Waals surface area contributed by atoms with Gasteiger partial charge in [-0.25, -0.2) is 4.39 Å². The van der Waals surface area contributed by atoms with Crippen LogP contribution in [-0.2, 0) is 13.1 Å². The highest BCUT2D eigenvalue weighted by atomic mass is 32.1. The van der Waals surface area contributed by atoms with Crippen LogP contribution < -0.4 is 5.32 Å². The summed E-state index contributed by atoms with van der Waals surface area (Å²) in [6.07, 6.45) is 0. The van der Waals surface area contributed by atoms with Crippen molar-refractivity contribution in [3.05, 3.63) is 41.3 Å². The zero-order valence-corrected chi connectivity index (χ0v) is 11.2. The summed E-state index contributed by atoms with van der Waals surface area (Å²) in [7, 11) is 3.78. The molecule has 96 valence electrons. The molecule has 0 radical (unpaired) electrons. The standard InChI is InChI=1S/C12H15FN4S/c1-14-12-11(15-16-18-12)8-17(2)7-9-5-3-4-6-10(9)13/h3-6,14H,7-8H2,1-2H3. The Hall–Kier alpha value is -1.53. The summed E-state index contributed by atoms with van der Waals surface area (Å²) in [5.41, 5.74) is 1.58. The highest BCUT2D eigenvalue weighted by Crippen LogP contribution is 2.19. The summed E-state index contributed by atoms with van der Waals surface area (Å²) in [6.45, 7) is 1.19. The van der Waals surface area contributed by atoms with E-state index in [-0.39, 0.29) is 5.82 Å². The third kappa shape index (κ3) is 3.02. The molecule has 4 nitrogen and oxygen atoms in total. The number of hydrogen-bond donors (Lipinski definition) is 1. The van der Waals surface area contributed by atoms with E-state index in [1.54, 1.807) is 12.1 Å². The fourth-order valence-electron chi connectivity index (χ4n) is 1.73. The third-order valence-electron chi connectivity index (χ3n) is 2.60. The SMILES string of the molecule is CNc1snnc1CN(C)Cc1ccccc1F. The van der Waals surface area contributed by atoms with E-state index in [0.29, 0.717) is 18.7 Å². The molecule has 18 heavy (non-hydrogen) atoms. The lowest BCUT2D eigenvalue weighted by atomic mass is 10.2. The summed E-state index contributed by atoms with van der Waals surface area (Å²) in [5.74, 6) is -0.172. The van der Waals surface area contributed by atoms with Crippen LogP contribution in [0.4, 0.5) is 9.39 Å². The Kier molecular flexibility index (Phi) is 4.22. The smallest absolute Gasteiger partial charge is 0.134 e. The minimum Gasteiger partial charge on any atom is -0.377 e. The van der Waals surface area contributed by atoms with Gasteiger partial charge in [-0.15, -0.1) is 5.10 Å². The first kappa shape index (κ1) is 12.9. The molecular weight excluding hydrogens is 251 g/mol. The Balaban J connectivity index is 2.01. The minimum absolute atomic E-state index is 0.172. The molecule has 0 fully saturated rings. The molecule has 6 heteroatoms. The molecule has 1 aromatic carbocycles. The summed E-state index contributed by atoms with van der Waals surface area (Å²) in [4.78, 5) is 2.01. The van der Waals surface area contributed by atoms with Crippen molar-refractivity contribution in [3.8, 4) is 0 Å². The molecule has 1 heterocycles. The van der Waals surface area contributed by atoms with Gasteiger partial charge >= 0.3 is 0 Å². The van der Waals surface area contributed by atoms with E-state index in [1.165, 1.54) is 17.6 Å². The molecule has 0 saturated carbocycles. The van der Waals surface area contributed by atoms with Crippen molar-refractivity contribution in [2.75, 3.05) is 19.4 Å². The van der Waals surface area contributed by atoms with Gasteiger partial charge in [0.2, 0.25) is 0 Å². The average molecular weight is 266 g/mol. The van der Waals surface area contributed by atoms with E-state index in [4.69, 9.17) is 0 Å². The van der Waals surface area contributed by atoms with Gasteiger partial charge in [-0.05, 0) is 13.1 Å². The van der Waals surface area contributed by atoms with E-state index >= 15 is 0 Å². The van der Waals surface area contributed by atoms with Crippen molar-refractivity contribution in [2.24, 2.45) is 0 Å². The van der Waals surface area contributed by atoms with Crippen molar-refractivity contribution in [3.63, 3.8) is 0 Å². The van der Waals surface area contributed by atoms with Gasteiger partial charge in [0.15, 0.2) is 0 Å². The van der Waals surface area contributed by atoms with Crippen molar-refractivity contribution in [1.29, 1.82) is 0 Å². The maximum Gasteiger partial charge on any atom is 0.134 e. The number of rotatable bonds is 5. The molecule has 0 spiro atoms. The molecule has 0 unspecified atom stereocenters. The number of anilines is 1. The molecule has 0 aliphatic heterocycles. The predicted octanol–water partition coefficient (Wildman–Crippen LogP) is 2.35. The van der Waals surface area contributed by atoms with Crippen LogP contribution in [0.1, 0.15) is 11.3 Å². The normalized spacial score (nSPS) is 10.9. The van der Waals surface area contributed by atoms with Crippen molar-refractivity contribution >= 4 is 16.5 Å². The number of nitrogens with one attached hydrogen (secondary N) is 1. The van der Waals surface area contributed by atoms with Gasteiger partial charge in [-0.1, -0.05) is 22.7 Å². The Morgan fingerprint density at radius 1 is 1.33 bits per heavy atom. The zero-order valence-electron chi connectivity index (χ0n) is 10.4. The van der Waals surface area contributed by atoms with Crippen LogP contribution in [0, 0.1) is 5.82 Å². The van der Waals surface area contributed by atoms with Crippen LogP contribution in [0.5, 0.6) is 0 Å². The molecule has 0 aliphatic rings.